The molecule has 0 aromatic carbocycles. The van der Waals surface area contributed by atoms with Gasteiger partial charge in [-0.15, -0.1) is 0 Å². The molecule has 0 aromatic heterocycles. The summed E-state index contributed by atoms with van der Waals surface area (Å²) < 4.78 is 0. The van der Waals surface area contributed by atoms with E-state index < -0.39 is 18.0 Å². The van der Waals surface area contributed by atoms with Crippen LogP contribution in [0.4, 0.5) is 0 Å². The second-order valence-electron chi connectivity index (χ2n) is 11.7. The number of hydrogen-bond donors (Lipinski definition) is 5. The lowest BCUT2D eigenvalue weighted by Crippen LogP contribution is -2.55. The molecule has 0 bridgehead atoms. The third kappa shape index (κ3) is 8.60. The molecule has 0 spiro atoms. The first-order chi connectivity index (χ1) is 13.4. The van der Waals surface area contributed by atoms with Crippen molar-refractivity contribution in [1.82, 2.24) is 16.0 Å². The summed E-state index contributed by atoms with van der Waals surface area (Å²) in [5.41, 5.74) is 11.3. The van der Waals surface area contributed by atoms with Crippen molar-refractivity contribution in [2.75, 3.05) is 6.54 Å². The molecule has 1 aliphatic rings. The van der Waals surface area contributed by atoms with Crippen LogP contribution in [0.2, 0.25) is 0 Å². The van der Waals surface area contributed by atoms with Crippen molar-refractivity contribution in [3.63, 3.8) is 0 Å². The van der Waals surface area contributed by atoms with Crippen LogP contribution < -0.4 is 27.4 Å². The zero-order valence-corrected chi connectivity index (χ0v) is 20.0. The Balaban J connectivity index is 2.87. The van der Waals surface area contributed by atoms with E-state index in [2.05, 4.69) is 57.5 Å². The van der Waals surface area contributed by atoms with Crippen LogP contribution in [0.5, 0.6) is 0 Å². The van der Waals surface area contributed by atoms with Crippen molar-refractivity contribution in [3.05, 3.63) is 0 Å². The predicted molar refractivity (Wildman–Crippen MR) is 119 cm³/mol. The van der Waals surface area contributed by atoms with Crippen molar-refractivity contribution < 1.29 is 14.4 Å². The van der Waals surface area contributed by atoms with Crippen molar-refractivity contribution in [1.29, 1.82) is 0 Å². The third-order valence-electron chi connectivity index (χ3n) is 5.60. The number of amides is 3. The molecule has 7 N–H and O–H groups in total. The van der Waals surface area contributed by atoms with Crippen LogP contribution in [0.25, 0.3) is 0 Å². The number of primary amides is 1. The highest BCUT2D eigenvalue weighted by Gasteiger charge is 2.40. The van der Waals surface area contributed by atoms with Gasteiger partial charge in [-0.1, -0.05) is 41.5 Å². The van der Waals surface area contributed by atoms with E-state index in [0.29, 0.717) is 19.4 Å². The Labute approximate surface area is 181 Å². The Bertz CT molecular complexity index is 634. The number of carbonyl (C=O) groups excluding carboxylic acids is 3. The molecule has 1 rings (SSSR count). The lowest BCUT2D eigenvalue weighted by Gasteiger charge is -2.32. The third-order valence-corrected chi connectivity index (χ3v) is 5.60. The van der Waals surface area contributed by atoms with Crippen molar-refractivity contribution in [2.45, 2.75) is 98.3 Å². The maximum Gasteiger partial charge on any atom is 0.240 e. The largest absolute Gasteiger partial charge is 0.368 e. The molecule has 1 aliphatic heterocycles. The quantitative estimate of drug-likeness (QED) is 0.375. The van der Waals surface area contributed by atoms with Gasteiger partial charge in [-0.05, 0) is 43.9 Å². The zero-order chi connectivity index (χ0) is 23.5. The topological polar surface area (TPSA) is 139 Å². The molecule has 30 heavy (non-hydrogen) atoms. The first-order valence-corrected chi connectivity index (χ1v) is 10.8. The summed E-state index contributed by atoms with van der Waals surface area (Å²) in [7, 11) is 0. The van der Waals surface area contributed by atoms with Crippen molar-refractivity contribution >= 4 is 17.7 Å². The van der Waals surface area contributed by atoms with Gasteiger partial charge in [0.15, 0.2) is 0 Å². The Kier molecular flexibility index (Phi) is 8.47. The van der Waals surface area contributed by atoms with Gasteiger partial charge in [-0.3, -0.25) is 14.4 Å². The Morgan fingerprint density at radius 3 is 2.13 bits per heavy atom. The first kappa shape index (κ1) is 26.4. The molecule has 1 fully saturated rings. The molecule has 0 aromatic rings. The fraction of sp³-hybridized carbons (Fsp3) is 0.864. The highest BCUT2D eigenvalue weighted by atomic mass is 16.2. The number of hydrogen-bond acceptors (Lipinski definition) is 5. The van der Waals surface area contributed by atoms with Crippen LogP contribution in [-0.4, -0.2) is 47.9 Å². The molecule has 8 heteroatoms. The van der Waals surface area contributed by atoms with Crippen LogP contribution in [0, 0.1) is 16.7 Å². The molecular formula is C22H43N5O3. The highest BCUT2D eigenvalue weighted by molar-refractivity contribution is 5.90. The lowest BCUT2D eigenvalue weighted by atomic mass is 9.85. The summed E-state index contributed by atoms with van der Waals surface area (Å²) in [5, 5.41) is 8.96. The normalized spacial score (nSPS) is 22.2. The van der Waals surface area contributed by atoms with Gasteiger partial charge in [-0.25, -0.2) is 0 Å². The van der Waals surface area contributed by atoms with Gasteiger partial charge < -0.3 is 27.4 Å². The number of carbonyl (C=O) groups is 3. The minimum atomic E-state index is -0.900. The molecule has 1 heterocycles. The summed E-state index contributed by atoms with van der Waals surface area (Å²) >= 11 is 0. The van der Waals surface area contributed by atoms with Gasteiger partial charge in [0.25, 0.3) is 0 Å². The van der Waals surface area contributed by atoms with Gasteiger partial charge in [0.1, 0.15) is 6.04 Å². The average molecular weight is 426 g/mol. The zero-order valence-electron chi connectivity index (χ0n) is 20.0. The molecule has 0 saturated carbocycles. The van der Waals surface area contributed by atoms with E-state index in [0.717, 1.165) is 0 Å². The summed E-state index contributed by atoms with van der Waals surface area (Å²) in [5.74, 6) is -1.41. The van der Waals surface area contributed by atoms with Crippen LogP contribution in [0.3, 0.4) is 0 Å². The second kappa shape index (κ2) is 9.64. The minimum Gasteiger partial charge on any atom is -0.368 e. The highest BCUT2D eigenvalue weighted by Crippen LogP contribution is 2.28. The van der Waals surface area contributed by atoms with Crippen LogP contribution in [0.1, 0.15) is 74.7 Å². The molecular weight excluding hydrogens is 382 g/mol. The Morgan fingerprint density at radius 1 is 1.17 bits per heavy atom. The van der Waals surface area contributed by atoms with E-state index in [1.54, 1.807) is 0 Å². The number of nitrogens with two attached hydrogens (primary N) is 2. The second-order valence-corrected chi connectivity index (χ2v) is 11.7. The number of nitrogens with one attached hydrogen (secondary N) is 3. The van der Waals surface area contributed by atoms with E-state index >= 15 is 0 Å². The van der Waals surface area contributed by atoms with E-state index in [1.165, 1.54) is 0 Å². The monoisotopic (exact) mass is 425 g/mol. The van der Waals surface area contributed by atoms with Gasteiger partial charge >= 0.3 is 0 Å². The van der Waals surface area contributed by atoms with Gasteiger partial charge in [0, 0.05) is 24.0 Å². The predicted octanol–water partition coefficient (Wildman–Crippen LogP) is 1.03. The van der Waals surface area contributed by atoms with Crippen LogP contribution in [-0.2, 0) is 14.4 Å². The van der Waals surface area contributed by atoms with Gasteiger partial charge in [0.05, 0.1) is 6.04 Å². The standard InChI is InChI=1S/C22H43N5O3/c1-20(2,3)11-15(25-12-16(23)21(4,5)6)19(30)26-14(17(24)28)9-13-10-22(7,8)27-18(13)29/h13-16,25H,9-12,23H2,1-8H3,(H2,24,28)(H,26,30)(H,27,29)/t13-,14+,15+,16-/m1/s1. The molecule has 0 unspecified atom stereocenters. The molecule has 0 aliphatic carbocycles. The SMILES string of the molecule is CC(C)(C)C[C@H](NC[C@@H](N)C(C)(C)C)C(=O)N[C@@H](C[C@@H]1CC(C)(C)NC1=O)C(N)=O. The van der Waals surface area contributed by atoms with Crippen molar-refractivity contribution in [2.24, 2.45) is 28.2 Å². The van der Waals surface area contributed by atoms with Crippen LogP contribution >= 0.6 is 0 Å². The maximum atomic E-state index is 13.1. The summed E-state index contributed by atoms with van der Waals surface area (Å²) in [6.45, 7) is 16.6. The Morgan fingerprint density at radius 2 is 1.73 bits per heavy atom. The van der Waals surface area contributed by atoms with E-state index in [-0.39, 0.29) is 46.6 Å². The number of rotatable bonds is 9. The van der Waals surface area contributed by atoms with Crippen molar-refractivity contribution in [3.8, 4) is 0 Å². The van der Waals surface area contributed by atoms with Gasteiger partial charge in [0.2, 0.25) is 17.7 Å². The summed E-state index contributed by atoms with van der Waals surface area (Å²) in [6, 6.07) is -1.55. The molecule has 4 atom stereocenters. The molecule has 174 valence electrons. The van der Waals surface area contributed by atoms with E-state index in [9.17, 15) is 14.4 Å². The van der Waals surface area contributed by atoms with Gasteiger partial charge in [-0.2, -0.15) is 0 Å². The van der Waals surface area contributed by atoms with E-state index in [4.69, 9.17) is 11.5 Å². The molecule has 0 radical (unpaired) electrons. The molecule has 3 amide bonds. The average Bonchev–Trinajstić information content (AvgIpc) is 2.79. The Hall–Kier alpha value is -1.67. The fourth-order valence-corrected chi connectivity index (χ4v) is 3.63. The fourth-order valence-electron chi connectivity index (χ4n) is 3.63. The smallest absolute Gasteiger partial charge is 0.240 e. The minimum absolute atomic E-state index is 0.103. The van der Waals surface area contributed by atoms with Crippen LogP contribution in [0.15, 0.2) is 0 Å². The lowest BCUT2D eigenvalue weighted by molar-refractivity contribution is -0.130. The first-order valence-electron chi connectivity index (χ1n) is 10.8. The maximum absolute atomic E-state index is 13.1. The molecule has 1 saturated heterocycles. The summed E-state index contributed by atoms with van der Waals surface area (Å²) in [6.07, 6.45) is 1.35. The summed E-state index contributed by atoms with van der Waals surface area (Å²) in [4.78, 5) is 37.3. The molecule has 8 nitrogen and oxygen atoms in total. The van der Waals surface area contributed by atoms with E-state index in [1.807, 2.05) is 13.8 Å².